The molecular formula is C9H6N4S2. The van der Waals surface area contributed by atoms with Crippen LogP contribution in [0.2, 0.25) is 0 Å². The molecule has 4 nitrogen and oxygen atoms in total. The van der Waals surface area contributed by atoms with Crippen LogP contribution in [0.5, 0.6) is 0 Å². The van der Waals surface area contributed by atoms with Crippen LogP contribution in [0.3, 0.4) is 0 Å². The number of hydrogen-bond donors (Lipinski definition) is 1. The maximum Gasteiger partial charge on any atom is 0.235 e. The maximum absolute atomic E-state index is 4.22. The lowest BCUT2D eigenvalue weighted by molar-refractivity contribution is 0.914. The lowest BCUT2D eigenvalue weighted by Crippen LogP contribution is -1.89. The second kappa shape index (κ2) is 3.32. The minimum absolute atomic E-state index is 0.692. The van der Waals surface area contributed by atoms with E-state index in [0.717, 1.165) is 16.3 Å². The van der Waals surface area contributed by atoms with Crippen molar-refractivity contribution in [2.45, 2.75) is 4.34 Å². The van der Waals surface area contributed by atoms with Gasteiger partial charge in [0.05, 0.1) is 0 Å². The zero-order valence-electron chi connectivity index (χ0n) is 7.53. The molecule has 2 aromatic heterocycles. The summed E-state index contributed by atoms with van der Waals surface area (Å²) in [4.78, 5) is 0.763. The molecule has 0 amide bonds. The topological polar surface area (TPSA) is 43.1 Å². The standard InChI is InChI=1S/C9H6N4S2/c14-9-12-13-7(10-11-8(13)15-9)6-4-2-1-3-5-6/h1-5H,(H,12,14). The van der Waals surface area contributed by atoms with Crippen molar-refractivity contribution < 1.29 is 0 Å². The predicted octanol–water partition coefficient (Wildman–Crippen LogP) is 2.14. The highest BCUT2D eigenvalue weighted by Gasteiger charge is 2.10. The SMILES string of the molecule is Sc1nn2c(-c3ccccc3)nnc2s1. The molecule has 0 aliphatic carbocycles. The Balaban J connectivity index is 2.27. The fourth-order valence-electron chi connectivity index (χ4n) is 1.37. The van der Waals surface area contributed by atoms with E-state index in [1.54, 1.807) is 4.52 Å². The molecule has 0 saturated carbocycles. The van der Waals surface area contributed by atoms with Crippen molar-refractivity contribution in [1.82, 2.24) is 19.8 Å². The average molecular weight is 234 g/mol. The summed E-state index contributed by atoms with van der Waals surface area (Å²) in [5.74, 6) is 0.752. The van der Waals surface area contributed by atoms with E-state index >= 15 is 0 Å². The van der Waals surface area contributed by atoms with Crippen LogP contribution >= 0.6 is 24.0 Å². The molecule has 0 spiro atoms. The van der Waals surface area contributed by atoms with E-state index in [1.165, 1.54) is 11.3 Å². The second-order valence-corrected chi connectivity index (χ2v) is 4.65. The molecule has 0 aliphatic heterocycles. The highest BCUT2D eigenvalue weighted by Crippen LogP contribution is 2.22. The number of aromatic nitrogens is 4. The van der Waals surface area contributed by atoms with Gasteiger partial charge < -0.3 is 0 Å². The smallest absolute Gasteiger partial charge is 0.182 e. The van der Waals surface area contributed by atoms with Gasteiger partial charge in [0, 0.05) is 5.56 Å². The van der Waals surface area contributed by atoms with Crippen molar-refractivity contribution in [1.29, 1.82) is 0 Å². The van der Waals surface area contributed by atoms with Crippen molar-refractivity contribution in [3.8, 4) is 11.4 Å². The van der Waals surface area contributed by atoms with Gasteiger partial charge in [0.1, 0.15) is 0 Å². The molecule has 0 bridgehead atoms. The Morgan fingerprint density at radius 1 is 1.13 bits per heavy atom. The molecule has 74 valence electrons. The molecule has 15 heavy (non-hydrogen) atoms. The molecular weight excluding hydrogens is 228 g/mol. The van der Waals surface area contributed by atoms with Gasteiger partial charge in [-0.25, -0.2) is 0 Å². The first-order chi connectivity index (χ1) is 7.34. The maximum atomic E-state index is 4.22. The Bertz CT molecular complexity index is 599. The highest BCUT2D eigenvalue weighted by atomic mass is 32.2. The third-order valence-corrected chi connectivity index (χ3v) is 3.08. The summed E-state index contributed by atoms with van der Waals surface area (Å²) < 4.78 is 2.40. The summed E-state index contributed by atoms with van der Waals surface area (Å²) in [5.41, 5.74) is 1.00. The van der Waals surface area contributed by atoms with Gasteiger partial charge in [-0.2, -0.15) is 4.52 Å². The first kappa shape index (κ1) is 8.87. The van der Waals surface area contributed by atoms with Gasteiger partial charge >= 0.3 is 0 Å². The van der Waals surface area contributed by atoms with E-state index in [9.17, 15) is 0 Å². The number of thiol groups is 1. The molecule has 0 N–H and O–H groups in total. The van der Waals surface area contributed by atoms with Crippen LogP contribution in [0.15, 0.2) is 34.7 Å². The summed E-state index contributed by atoms with van der Waals surface area (Å²) in [6.07, 6.45) is 0. The van der Waals surface area contributed by atoms with Gasteiger partial charge in [-0.3, -0.25) is 0 Å². The van der Waals surface area contributed by atoms with Crippen LogP contribution in [-0.2, 0) is 0 Å². The normalized spacial score (nSPS) is 11.0. The molecule has 1 aromatic carbocycles. The number of benzene rings is 1. The van der Waals surface area contributed by atoms with Gasteiger partial charge in [0.25, 0.3) is 0 Å². The Morgan fingerprint density at radius 3 is 2.73 bits per heavy atom. The van der Waals surface area contributed by atoms with Crippen LogP contribution in [0.1, 0.15) is 0 Å². The number of rotatable bonds is 1. The van der Waals surface area contributed by atoms with E-state index in [0.29, 0.717) is 4.34 Å². The minimum Gasteiger partial charge on any atom is -0.182 e. The van der Waals surface area contributed by atoms with Crippen LogP contribution in [0, 0.1) is 0 Å². The predicted molar refractivity (Wildman–Crippen MR) is 61.3 cm³/mol. The third-order valence-electron chi connectivity index (χ3n) is 2.01. The van der Waals surface area contributed by atoms with Crippen molar-refractivity contribution in [3.63, 3.8) is 0 Å². The van der Waals surface area contributed by atoms with Gasteiger partial charge in [0.2, 0.25) is 4.96 Å². The summed E-state index contributed by atoms with van der Waals surface area (Å²) in [5, 5.41) is 12.4. The Kier molecular flexibility index (Phi) is 1.96. The van der Waals surface area contributed by atoms with E-state index in [1.807, 2.05) is 30.3 Å². The summed E-state index contributed by atoms with van der Waals surface area (Å²) in [6.45, 7) is 0. The van der Waals surface area contributed by atoms with Crippen LogP contribution in [0.25, 0.3) is 16.3 Å². The molecule has 0 saturated heterocycles. The van der Waals surface area contributed by atoms with E-state index < -0.39 is 0 Å². The average Bonchev–Trinajstić information content (AvgIpc) is 2.77. The lowest BCUT2D eigenvalue weighted by Gasteiger charge is -1.94. The van der Waals surface area contributed by atoms with Crippen molar-refractivity contribution in [2.24, 2.45) is 0 Å². The third kappa shape index (κ3) is 1.42. The molecule has 2 heterocycles. The molecule has 0 fully saturated rings. The summed E-state index contributed by atoms with van der Waals surface area (Å²) >= 11 is 5.60. The van der Waals surface area contributed by atoms with Crippen molar-refractivity contribution in [3.05, 3.63) is 30.3 Å². The zero-order chi connectivity index (χ0) is 10.3. The first-order valence-electron chi connectivity index (χ1n) is 4.31. The van der Waals surface area contributed by atoms with Gasteiger partial charge in [-0.05, 0) is 0 Å². The molecule has 0 atom stereocenters. The quantitative estimate of drug-likeness (QED) is 0.656. The monoisotopic (exact) mass is 234 g/mol. The fourth-order valence-corrected chi connectivity index (χ4v) is 2.29. The van der Waals surface area contributed by atoms with Gasteiger partial charge in [-0.15, -0.1) is 27.9 Å². The second-order valence-electron chi connectivity index (χ2n) is 2.97. The molecule has 3 aromatic rings. The van der Waals surface area contributed by atoms with Crippen LogP contribution in [-0.4, -0.2) is 19.8 Å². The first-order valence-corrected chi connectivity index (χ1v) is 5.57. The van der Waals surface area contributed by atoms with E-state index in [-0.39, 0.29) is 0 Å². The number of hydrogen-bond acceptors (Lipinski definition) is 5. The summed E-state index contributed by atoms with van der Waals surface area (Å²) in [7, 11) is 0. The summed E-state index contributed by atoms with van der Waals surface area (Å²) in [6, 6.07) is 9.85. The minimum atomic E-state index is 0.692. The van der Waals surface area contributed by atoms with Crippen LogP contribution < -0.4 is 0 Å². The Labute approximate surface area is 95.0 Å². The van der Waals surface area contributed by atoms with Gasteiger partial charge in [-0.1, -0.05) is 41.7 Å². The number of fused-ring (bicyclic) bond motifs is 1. The lowest BCUT2D eigenvalue weighted by atomic mass is 10.2. The van der Waals surface area contributed by atoms with E-state index in [2.05, 4.69) is 27.9 Å². The zero-order valence-corrected chi connectivity index (χ0v) is 9.24. The fraction of sp³-hybridized carbons (Fsp3) is 0. The Morgan fingerprint density at radius 2 is 1.93 bits per heavy atom. The highest BCUT2D eigenvalue weighted by molar-refractivity contribution is 7.82. The van der Waals surface area contributed by atoms with Crippen molar-refractivity contribution in [2.75, 3.05) is 0 Å². The Hall–Kier alpha value is -1.40. The largest absolute Gasteiger partial charge is 0.235 e. The molecule has 0 unspecified atom stereocenters. The molecule has 0 aliphatic rings. The van der Waals surface area contributed by atoms with Gasteiger partial charge in [0.15, 0.2) is 10.2 Å². The molecule has 0 radical (unpaired) electrons. The molecule has 3 rings (SSSR count). The van der Waals surface area contributed by atoms with Crippen LogP contribution in [0.4, 0.5) is 0 Å². The van der Waals surface area contributed by atoms with E-state index in [4.69, 9.17) is 0 Å². The molecule has 6 heteroatoms. The van der Waals surface area contributed by atoms with Crippen molar-refractivity contribution >= 4 is 28.9 Å². The number of nitrogens with zero attached hydrogens (tertiary/aromatic N) is 4.